The number of carboxylic acid groups (broad SMARTS) is 1. The van der Waals surface area contributed by atoms with E-state index in [-0.39, 0.29) is 11.5 Å². The fourth-order valence-electron chi connectivity index (χ4n) is 0.761. The van der Waals surface area contributed by atoms with Gasteiger partial charge in [0.1, 0.15) is 10.6 Å². The molecule has 0 unspecified atom stereocenters. The molecule has 1 heterocycles. The Bertz CT molecular complexity index is 281. The molecule has 0 aliphatic heterocycles. The van der Waals surface area contributed by atoms with Crippen LogP contribution in [-0.4, -0.2) is 29.4 Å². The van der Waals surface area contributed by atoms with E-state index in [2.05, 4.69) is 0 Å². The molecule has 0 bridgehead atoms. The van der Waals surface area contributed by atoms with Crippen molar-refractivity contribution in [3.8, 4) is 5.75 Å². The number of rotatable bonds is 5. The lowest BCUT2D eigenvalue weighted by Gasteiger charge is -1.99. The molecule has 0 amide bonds. The molecule has 2 N–H and O–H groups in total. The zero-order valence-electron chi connectivity index (χ0n) is 6.90. The lowest BCUT2D eigenvalue weighted by molar-refractivity contribution is 0.0701. The highest BCUT2D eigenvalue weighted by molar-refractivity contribution is 7.12. The zero-order chi connectivity index (χ0) is 9.68. The summed E-state index contributed by atoms with van der Waals surface area (Å²) in [6, 6.07) is 1.48. The number of carbonyl (C=O) groups is 1. The Hall–Kier alpha value is -1.07. The summed E-state index contributed by atoms with van der Waals surface area (Å²) in [5.74, 6) is -0.391. The average Bonchev–Trinajstić information content (AvgIpc) is 2.53. The van der Waals surface area contributed by atoms with Crippen LogP contribution in [0.15, 0.2) is 11.4 Å². The largest absolute Gasteiger partial charge is 0.493 e. The van der Waals surface area contributed by atoms with Gasteiger partial charge in [0.25, 0.3) is 0 Å². The van der Waals surface area contributed by atoms with Crippen molar-refractivity contribution in [1.82, 2.24) is 0 Å². The number of aromatic carboxylic acids is 1. The predicted octanol–water partition coefficient (Wildman–Crippen LogP) is 1.21. The third-order valence-corrected chi connectivity index (χ3v) is 2.25. The van der Waals surface area contributed by atoms with Crippen molar-refractivity contribution in [3.05, 3.63) is 16.3 Å². The van der Waals surface area contributed by atoms with Gasteiger partial charge in [-0.3, -0.25) is 0 Å². The van der Waals surface area contributed by atoms with Gasteiger partial charge in [0, 0.05) is 24.5 Å². The van der Waals surface area contributed by atoms with Crippen molar-refractivity contribution in [2.45, 2.75) is 6.42 Å². The van der Waals surface area contributed by atoms with Crippen LogP contribution < -0.4 is 4.74 Å². The molecular weight excluding hydrogens is 192 g/mol. The Labute approximate surface area is 79.4 Å². The van der Waals surface area contributed by atoms with Crippen LogP contribution >= 0.6 is 11.3 Å². The molecule has 13 heavy (non-hydrogen) atoms. The first-order valence-corrected chi connectivity index (χ1v) is 4.67. The van der Waals surface area contributed by atoms with Gasteiger partial charge in [-0.1, -0.05) is 0 Å². The summed E-state index contributed by atoms with van der Waals surface area (Å²) in [4.78, 5) is 10.7. The molecule has 0 aliphatic carbocycles. The van der Waals surface area contributed by atoms with E-state index in [1.807, 2.05) is 0 Å². The molecule has 0 saturated carbocycles. The van der Waals surface area contributed by atoms with Crippen molar-refractivity contribution < 1.29 is 19.7 Å². The maximum Gasteiger partial charge on any atom is 0.346 e. The number of carboxylic acids is 1. The molecule has 1 aromatic heterocycles. The molecule has 0 fully saturated rings. The first-order valence-electron chi connectivity index (χ1n) is 3.79. The minimum absolute atomic E-state index is 0.0793. The fourth-order valence-corrected chi connectivity index (χ4v) is 1.43. The Balaban J connectivity index is 2.44. The average molecular weight is 202 g/mol. The summed E-state index contributed by atoms with van der Waals surface area (Å²) in [5.41, 5.74) is 0. The SMILES string of the molecule is O=C(O)c1cc(OCCCO)cs1. The molecule has 0 atom stereocenters. The van der Waals surface area contributed by atoms with Gasteiger partial charge >= 0.3 is 5.97 Å². The maximum atomic E-state index is 10.5. The van der Waals surface area contributed by atoms with Gasteiger partial charge in [0.15, 0.2) is 0 Å². The molecule has 0 saturated heterocycles. The van der Waals surface area contributed by atoms with Gasteiger partial charge in [-0.15, -0.1) is 11.3 Å². The van der Waals surface area contributed by atoms with Crippen LogP contribution in [0.5, 0.6) is 5.75 Å². The van der Waals surface area contributed by atoms with Crippen molar-refractivity contribution in [2.75, 3.05) is 13.2 Å². The monoisotopic (exact) mass is 202 g/mol. The number of ether oxygens (including phenoxy) is 1. The second-order valence-corrected chi connectivity index (χ2v) is 3.29. The Kier molecular flexibility index (Phi) is 3.72. The Morgan fingerprint density at radius 3 is 2.92 bits per heavy atom. The van der Waals surface area contributed by atoms with Gasteiger partial charge < -0.3 is 14.9 Å². The van der Waals surface area contributed by atoms with E-state index in [0.29, 0.717) is 18.8 Å². The minimum atomic E-state index is -0.943. The summed E-state index contributed by atoms with van der Waals surface area (Å²) in [6.45, 7) is 0.488. The molecule has 0 aromatic carbocycles. The van der Waals surface area contributed by atoms with Crippen LogP contribution in [0.25, 0.3) is 0 Å². The van der Waals surface area contributed by atoms with Crippen LogP contribution in [0.2, 0.25) is 0 Å². The summed E-state index contributed by atoms with van der Waals surface area (Å²) >= 11 is 1.13. The standard InChI is InChI=1S/C8H10O4S/c9-2-1-3-12-6-4-7(8(10)11)13-5-6/h4-5,9H,1-3H2,(H,10,11). The van der Waals surface area contributed by atoms with Crippen molar-refractivity contribution in [1.29, 1.82) is 0 Å². The summed E-state index contributed by atoms with van der Waals surface area (Å²) < 4.78 is 5.16. The Morgan fingerprint density at radius 2 is 2.38 bits per heavy atom. The van der Waals surface area contributed by atoms with Crippen LogP contribution in [0, 0.1) is 0 Å². The summed E-state index contributed by atoms with van der Waals surface area (Å²) in [5, 5.41) is 18.7. The molecule has 72 valence electrons. The lowest BCUT2D eigenvalue weighted by Crippen LogP contribution is -1.98. The van der Waals surface area contributed by atoms with Crippen LogP contribution in [0.4, 0.5) is 0 Å². The molecular formula is C8H10O4S. The third-order valence-electron chi connectivity index (χ3n) is 1.36. The van der Waals surface area contributed by atoms with E-state index < -0.39 is 5.97 Å². The van der Waals surface area contributed by atoms with E-state index in [1.54, 1.807) is 5.38 Å². The fraction of sp³-hybridized carbons (Fsp3) is 0.375. The van der Waals surface area contributed by atoms with Crippen LogP contribution in [0.1, 0.15) is 16.1 Å². The quantitative estimate of drug-likeness (QED) is 0.704. The number of aliphatic hydroxyl groups excluding tert-OH is 1. The highest BCUT2D eigenvalue weighted by atomic mass is 32.1. The van der Waals surface area contributed by atoms with Gasteiger partial charge in [-0.25, -0.2) is 4.79 Å². The van der Waals surface area contributed by atoms with Crippen molar-refractivity contribution >= 4 is 17.3 Å². The van der Waals surface area contributed by atoms with Gasteiger partial charge in [-0.05, 0) is 0 Å². The molecule has 1 aromatic rings. The van der Waals surface area contributed by atoms with E-state index in [9.17, 15) is 4.79 Å². The second kappa shape index (κ2) is 4.84. The summed E-state index contributed by atoms with van der Waals surface area (Å²) in [6.07, 6.45) is 0.554. The van der Waals surface area contributed by atoms with Gasteiger partial charge in [0.2, 0.25) is 0 Å². The molecule has 5 heteroatoms. The summed E-state index contributed by atoms with van der Waals surface area (Å²) in [7, 11) is 0. The molecule has 0 aliphatic rings. The molecule has 4 nitrogen and oxygen atoms in total. The van der Waals surface area contributed by atoms with Gasteiger partial charge in [0.05, 0.1) is 6.61 Å². The predicted molar refractivity (Wildman–Crippen MR) is 48.5 cm³/mol. The number of thiophene rings is 1. The van der Waals surface area contributed by atoms with Crippen molar-refractivity contribution in [3.63, 3.8) is 0 Å². The zero-order valence-corrected chi connectivity index (χ0v) is 7.71. The van der Waals surface area contributed by atoms with E-state index >= 15 is 0 Å². The molecule has 0 spiro atoms. The highest BCUT2D eigenvalue weighted by Gasteiger charge is 2.06. The normalized spacial score (nSPS) is 9.92. The van der Waals surface area contributed by atoms with E-state index in [4.69, 9.17) is 14.9 Å². The van der Waals surface area contributed by atoms with Crippen molar-refractivity contribution in [2.24, 2.45) is 0 Å². The van der Waals surface area contributed by atoms with Crippen LogP contribution in [-0.2, 0) is 0 Å². The third kappa shape index (κ3) is 3.04. The minimum Gasteiger partial charge on any atom is -0.493 e. The van der Waals surface area contributed by atoms with E-state index in [1.165, 1.54) is 6.07 Å². The lowest BCUT2D eigenvalue weighted by atomic mass is 10.4. The number of aliphatic hydroxyl groups is 1. The number of hydrogen-bond acceptors (Lipinski definition) is 4. The highest BCUT2D eigenvalue weighted by Crippen LogP contribution is 2.21. The topological polar surface area (TPSA) is 66.8 Å². The van der Waals surface area contributed by atoms with Gasteiger partial charge in [-0.2, -0.15) is 0 Å². The maximum absolute atomic E-state index is 10.5. The van der Waals surface area contributed by atoms with E-state index in [0.717, 1.165) is 11.3 Å². The molecule has 0 radical (unpaired) electrons. The second-order valence-electron chi connectivity index (χ2n) is 2.38. The van der Waals surface area contributed by atoms with Crippen LogP contribution in [0.3, 0.4) is 0 Å². The first-order chi connectivity index (χ1) is 6.24. The Morgan fingerprint density at radius 1 is 1.62 bits per heavy atom. The first kappa shape index (κ1) is 10.0. The number of hydrogen-bond donors (Lipinski definition) is 2. The molecule has 1 rings (SSSR count). The smallest absolute Gasteiger partial charge is 0.346 e.